The van der Waals surface area contributed by atoms with E-state index < -0.39 is 13.5 Å². The van der Waals surface area contributed by atoms with Crippen LogP contribution in [0.5, 0.6) is 0 Å². The second kappa shape index (κ2) is 18.5. The third-order valence-corrected chi connectivity index (χ3v) is 19.5. The van der Waals surface area contributed by atoms with E-state index in [0.717, 1.165) is 61.6 Å². The standard InChI is InChI=1S/C71H68N2OSi2/c1-69(2,3)47-29-33-51(34-30-47)72(53-37-41-55(75-7)42-38-53)62-45-60-65(58-26-18-17-25-57(58)62)67-61(71(60,49-21-13-11-14-22-49)50-23-15-12-16-24-50)46-63(66-59-27-19-20-28-64(59)74-68(66)67)73(52-35-31-48(32-36-52)70(4,5)6)54-39-43-56(44-40-54)76(8,9)10/h11-46H,75H2,1-10H3. The molecule has 376 valence electrons. The van der Waals surface area contributed by atoms with Crippen LogP contribution in [0.15, 0.2) is 223 Å². The Morgan fingerprint density at radius 2 is 0.855 bits per heavy atom. The zero-order chi connectivity index (χ0) is 52.7. The van der Waals surface area contributed by atoms with E-state index in [-0.39, 0.29) is 20.3 Å². The van der Waals surface area contributed by atoms with Gasteiger partial charge in [-0.1, -0.05) is 230 Å². The average molecular weight is 1020 g/mol. The van der Waals surface area contributed by atoms with Crippen LogP contribution in [0.2, 0.25) is 26.2 Å². The number of benzene rings is 10. The highest BCUT2D eigenvalue weighted by Gasteiger charge is 2.50. The van der Waals surface area contributed by atoms with Crippen molar-refractivity contribution in [2.75, 3.05) is 9.80 Å². The summed E-state index contributed by atoms with van der Waals surface area (Å²) in [5.74, 6) is 0. The molecule has 0 N–H and O–H groups in total. The van der Waals surface area contributed by atoms with Crippen LogP contribution < -0.4 is 20.2 Å². The molecule has 0 bridgehead atoms. The van der Waals surface area contributed by atoms with Gasteiger partial charge >= 0.3 is 0 Å². The number of furan rings is 1. The van der Waals surface area contributed by atoms with E-state index >= 15 is 0 Å². The summed E-state index contributed by atoms with van der Waals surface area (Å²) < 4.78 is 7.50. The SMILES string of the molecule is C[SiH2]c1ccc(N(c2ccc(C(C)(C)C)cc2)c2cc3c(c4ccccc24)-c2c(cc(N(c4ccc(C(C)(C)C)cc4)c4ccc([Si](C)(C)C)cc4)c4c2oc2ccccc24)C3(c2ccccc2)c2ccccc2)cc1. The van der Waals surface area contributed by atoms with E-state index in [4.69, 9.17) is 4.42 Å². The Kier molecular flexibility index (Phi) is 12.0. The molecule has 0 spiro atoms. The molecule has 0 unspecified atom stereocenters. The first kappa shape index (κ1) is 49.2. The number of hydrogen-bond donors (Lipinski definition) is 0. The maximum absolute atomic E-state index is 7.50. The first-order valence-electron chi connectivity index (χ1n) is 27.2. The highest BCUT2D eigenvalue weighted by molar-refractivity contribution is 6.88. The molecule has 76 heavy (non-hydrogen) atoms. The summed E-state index contributed by atoms with van der Waals surface area (Å²) in [6.07, 6.45) is 0. The van der Waals surface area contributed by atoms with Crippen molar-refractivity contribution in [3.05, 3.63) is 252 Å². The van der Waals surface area contributed by atoms with Gasteiger partial charge in [0.2, 0.25) is 0 Å². The zero-order valence-electron chi connectivity index (χ0n) is 45.8. The zero-order valence-corrected chi connectivity index (χ0v) is 48.2. The smallest absolute Gasteiger partial charge is 0.145 e. The van der Waals surface area contributed by atoms with Gasteiger partial charge in [0.1, 0.15) is 11.2 Å². The van der Waals surface area contributed by atoms with Gasteiger partial charge in [0.25, 0.3) is 0 Å². The molecule has 0 amide bonds. The molecule has 0 aliphatic heterocycles. The summed E-state index contributed by atoms with van der Waals surface area (Å²) in [4.78, 5) is 5.01. The summed E-state index contributed by atoms with van der Waals surface area (Å²) >= 11 is 0. The van der Waals surface area contributed by atoms with E-state index in [2.05, 4.69) is 296 Å². The third kappa shape index (κ3) is 8.14. The molecular weight excluding hydrogens is 953 g/mol. The van der Waals surface area contributed by atoms with Crippen molar-refractivity contribution in [3.63, 3.8) is 0 Å². The van der Waals surface area contributed by atoms with Crippen molar-refractivity contribution in [1.29, 1.82) is 0 Å². The van der Waals surface area contributed by atoms with Crippen molar-refractivity contribution in [2.45, 2.75) is 84.0 Å². The largest absolute Gasteiger partial charge is 0.455 e. The molecule has 0 saturated heterocycles. The number of fused-ring (bicyclic) bond motifs is 9. The normalized spacial score (nSPS) is 13.4. The van der Waals surface area contributed by atoms with Gasteiger partial charge in [-0.2, -0.15) is 0 Å². The van der Waals surface area contributed by atoms with E-state index in [1.807, 2.05) is 0 Å². The number of hydrogen-bond acceptors (Lipinski definition) is 3. The Labute approximate surface area is 453 Å². The third-order valence-electron chi connectivity index (χ3n) is 16.2. The fraction of sp³-hybridized carbons (Fsp3) is 0.183. The lowest BCUT2D eigenvalue weighted by Gasteiger charge is -2.36. The van der Waals surface area contributed by atoms with Gasteiger partial charge < -0.3 is 14.2 Å². The quantitative estimate of drug-likeness (QED) is 0.127. The minimum atomic E-state index is -1.62. The van der Waals surface area contributed by atoms with Crippen LogP contribution in [0.3, 0.4) is 0 Å². The molecule has 1 aliphatic rings. The van der Waals surface area contributed by atoms with Gasteiger partial charge in [-0.15, -0.1) is 0 Å². The molecule has 5 heteroatoms. The van der Waals surface area contributed by atoms with E-state index in [1.54, 1.807) is 0 Å². The fourth-order valence-electron chi connectivity index (χ4n) is 12.1. The summed E-state index contributed by atoms with van der Waals surface area (Å²) in [7, 11) is -1.98. The van der Waals surface area contributed by atoms with Gasteiger partial charge in [-0.05, 0) is 122 Å². The first-order valence-corrected chi connectivity index (χ1v) is 32.8. The topological polar surface area (TPSA) is 19.6 Å². The molecular formula is C71H68N2OSi2. The lowest BCUT2D eigenvalue weighted by atomic mass is 9.67. The number of anilines is 6. The fourth-order valence-corrected chi connectivity index (χ4v) is 14.0. The lowest BCUT2D eigenvalue weighted by Crippen LogP contribution is -2.37. The van der Waals surface area contributed by atoms with Gasteiger partial charge in [0, 0.05) is 39.1 Å². The predicted octanol–water partition coefficient (Wildman–Crippen LogP) is 18.0. The van der Waals surface area contributed by atoms with Crippen LogP contribution in [-0.4, -0.2) is 17.6 Å². The lowest BCUT2D eigenvalue weighted by molar-refractivity contribution is 0.590. The van der Waals surface area contributed by atoms with Crippen molar-refractivity contribution < 1.29 is 4.42 Å². The summed E-state index contributed by atoms with van der Waals surface area (Å²) in [5.41, 5.74) is 17.4. The van der Waals surface area contributed by atoms with Crippen LogP contribution >= 0.6 is 0 Å². The Balaban J connectivity index is 1.25. The second-order valence-electron chi connectivity index (χ2n) is 24.0. The van der Waals surface area contributed by atoms with Gasteiger partial charge in [-0.3, -0.25) is 0 Å². The minimum Gasteiger partial charge on any atom is -0.455 e. The monoisotopic (exact) mass is 1020 g/mol. The second-order valence-corrected chi connectivity index (χ2v) is 30.6. The molecule has 10 aromatic carbocycles. The van der Waals surface area contributed by atoms with Crippen LogP contribution in [0.4, 0.5) is 34.1 Å². The highest BCUT2D eigenvalue weighted by Crippen LogP contribution is 2.63. The Morgan fingerprint density at radius 1 is 0.434 bits per heavy atom. The van der Waals surface area contributed by atoms with E-state index in [0.29, 0.717) is 0 Å². The number of para-hydroxylation sites is 1. The van der Waals surface area contributed by atoms with Gasteiger partial charge in [0.05, 0.1) is 39.8 Å². The number of nitrogens with zero attached hydrogens (tertiary/aromatic N) is 2. The molecule has 0 saturated carbocycles. The molecule has 3 nitrogen and oxygen atoms in total. The summed E-state index contributed by atoms with van der Waals surface area (Å²) in [6.45, 7) is 23.4. The Bertz CT molecular complexity index is 3840. The van der Waals surface area contributed by atoms with E-state index in [1.165, 1.54) is 60.1 Å². The van der Waals surface area contributed by atoms with Crippen LogP contribution in [-0.2, 0) is 16.2 Å². The molecule has 0 atom stereocenters. The predicted molar refractivity (Wildman–Crippen MR) is 332 cm³/mol. The minimum absolute atomic E-state index is 0.00567. The Hall–Kier alpha value is -7.71. The summed E-state index contributed by atoms with van der Waals surface area (Å²) in [5, 5.41) is 7.43. The summed E-state index contributed by atoms with van der Waals surface area (Å²) in [6, 6.07) is 82.8. The maximum Gasteiger partial charge on any atom is 0.145 e. The molecule has 12 rings (SSSR count). The number of rotatable bonds is 10. The van der Waals surface area contributed by atoms with Crippen molar-refractivity contribution in [1.82, 2.24) is 0 Å². The van der Waals surface area contributed by atoms with E-state index in [9.17, 15) is 0 Å². The van der Waals surface area contributed by atoms with Gasteiger partial charge in [0.15, 0.2) is 0 Å². The Morgan fingerprint density at radius 3 is 1.36 bits per heavy atom. The molecule has 0 radical (unpaired) electrons. The highest BCUT2D eigenvalue weighted by atomic mass is 28.3. The van der Waals surface area contributed by atoms with Crippen molar-refractivity contribution >= 4 is 94.8 Å². The maximum atomic E-state index is 7.50. The molecule has 1 heterocycles. The molecule has 1 aliphatic carbocycles. The van der Waals surface area contributed by atoms with Crippen molar-refractivity contribution in [2.24, 2.45) is 0 Å². The molecule has 1 aromatic heterocycles. The van der Waals surface area contributed by atoms with Crippen LogP contribution in [0, 0.1) is 0 Å². The van der Waals surface area contributed by atoms with Crippen molar-refractivity contribution in [3.8, 4) is 11.1 Å². The first-order chi connectivity index (χ1) is 36.6. The molecule has 0 fully saturated rings. The van der Waals surface area contributed by atoms with Gasteiger partial charge in [-0.25, -0.2) is 0 Å². The van der Waals surface area contributed by atoms with Crippen LogP contribution in [0.25, 0.3) is 43.8 Å². The average Bonchev–Trinajstić information content (AvgIpc) is 3.96. The molecule has 11 aromatic rings. The van der Waals surface area contributed by atoms with Crippen LogP contribution in [0.1, 0.15) is 74.9 Å².